The summed E-state index contributed by atoms with van der Waals surface area (Å²) in [6.07, 6.45) is 1.09. The van der Waals surface area contributed by atoms with E-state index < -0.39 is 0 Å². The number of rotatable bonds is 7. The van der Waals surface area contributed by atoms with Gasteiger partial charge in [0.25, 0.3) is 0 Å². The molecule has 6 heteroatoms. The van der Waals surface area contributed by atoms with Gasteiger partial charge in [-0.25, -0.2) is 0 Å². The Morgan fingerprint density at radius 2 is 1.79 bits per heavy atom. The zero-order chi connectivity index (χ0) is 19.9. The number of hydrogen-bond acceptors (Lipinski definition) is 3. The third-order valence-corrected chi connectivity index (χ3v) is 4.95. The molecule has 0 spiro atoms. The van der Waals surface area contributed by atoms with Gasteiger partial charge in [0.05, 0.1) is 11.4 Å². The molecule has 0 aliphatic carbocycles. The van der Waals surface area contributed by atoms with Crippen molar-refractivity contribution < 1.29 is 14.4 Å². The Labute approximate surface area is 164 Å². The van der Waals surface area contributed by atoms with E-state index >= 15 is 0 Å². The van der Waals surface area contributed by atoms with Gasteiger partial charge in [0.2, 0.25) is 17.7 Å². The Morgan fingerprint density at radius 3 is 2.54 bits per heavy atom. The fraction of sp³-hybridized carbons (Fsp3) is 0.318. The van der Waals surface area contributed by atoms with Crippen LogP contribution in [0.4, 0.5) is 11.4 Å². The summed E-state index contributed by atoms with van der Waals surface area (Å²) in [6, 6.07) is 17.2. The zero-order valence-corrected chi connectivity index (χ0v) is 16.0. The fourth-order valence-electron chi connectivity index (χ4n) is 3.36. The highest BCUT2D eigenvalue weighted by Gasteiger charge is 2.26. The van der Waals surface area contributed by atoms with Crippen LogP contribution in [0, 0.1) is 0 Å². The van der Waals surface area contributed by atoms with Gasteiger partial charge in [0, 0.05) is 25.3 Å². The number of fused-ring (bicyclic) bond motifs is 1. The van der Waals surface area contributed by atoms with E-state index in [1.807, 2.05) is 24.3 Å². The third-order valence-electron chi connectivity index (χ3n) is 4.95. The van der Waals surface area contributed by atoms with Gasteiger partial charge < -0.3 is 15.5 Å². The molecule has 0 aromatic heterocycles. The monoisotopic (exact) mass is 379 g/mol. The molecule has 2 N–H and O–H groups in total. The maximum absolute atomic E-state index is 12.6. The number of carbonyl (C=O) groups excluding carboxylic acids is 3. The van der Waals surface area contributed by atoms with Gasteiger partial charge in [-0.05, 0) is 24.1 Å². The number of nitrogens with zero attached hydrogens (tertiary/aromatic N) is 1. The number of amides is 3. The Balaban J connectivity index is 1.52. The summed E-state index contributed by atoms with van der Waals surface area (Å²) in [5.74, 6) is -0.367. The molecule has 2 aromatic rings. The first kappa shape index (κ1) is 19.6. The highest BCUT2D eigenvalue weighted by atomic mass is 16.2. The Hall–Kier alpha value is -3.15. The second-order valence-electron chi connectivity index (χ2n) is 6.87. The van der Waals surface area contributed by atoms with Crippen LogP contribution < -0.4 is 15.5 Å². The van der Waals surface area contributed by atoms with Crippen molar-refractivity contribution in [3.63, 3.8) is 0 Å². The molecule has 0 saturated carbocycles. The highest BCUT2D eigenvalue weighted by molar-refractivity contribution is 6.10. The van der Waals surface area contributed by atoms with Crippen molar-refractivity contribution in [2.45, 2.75) is 32.1 Å². The summed E-state index contributed by atoms with van der Waals surface area (Å²) < 4.78 is 0. The van der Waals surface area contributed by atoms with E-state index in [4.69, 9.17) is 0 Å². The average molecular weight is 379 g/mol. The van der Waals surface area contributed by atoms with E-state index in [0.717, 1.165) is 6.42 Å². The lowest BCUT2D eigenvalue weighted by Crippen LogP contribution is -2.42. The Morgan fingerprint density at radius 1 is 1.07 bits per heavy atom. The third kappa shape index (κ3) is 4.76. The fourth-order valence-corrected chi connectivity index (χ4v) is 3.36. The molecular formula is C22H25N3O3. The van der Waals surface area contributed by atoms with Crippen LogP contribution in [0.2, 0.25) is 0 Å². The molecule has 1 aliphatic rings. The standard InChI is InChI=1S/C22H25N3O3/c1-2-16(17-8-4-3-5-9-17)14-23-20(26)12-13-22(28)25-15-21(27)24-18-10-6-7-11-19(18)25/h3-11,16H,2,12-15H2,1H3,(H,23,26)(H,24,27). The zero-order valence-electron chi connectivity index (χ0n) is 16.0. The molecule has 3 amide bonds. The molecule has 1 aliphatic heterocycles. The number of hydrogen-bond donors (Lipinski definition) is 2. The molecule has 28 heavy (non-hydrogen) atoms. The molecule has 0 radical (unpaired) electrons. The van der Waals surface area contributed by atoms with Crippen molar-refractivity contribution in [1.29, 1.82) is 0 Å². The van der Waals surface area contributed by atoms with Gasteiger partial charge >= 0.3 is 0 Å². The predicted molar refractivity (Wildman–Crippen MR) is 109 cm³/mol. The molecule has 1 atom stereocenters. The van der Waals surface area contributed by atoms with Gasteiger partial charge in [-0.3, -0.25) is 14.4 Å². The van der Waals surface area contributed by atoms with Crippen molar-refractivity contribution in [1.82, 2.24) is 5.32 Å². The smallest absolute Gasteiger partial charge is 0.244 e. The topological polar surface area (TPSA) is 78.5 Å². The summed E-state index contributed by atoms with van der Waals surface area (Å²) in [5.41, 5.74) is 2.48. The molecule has 1 heterocycles. The van der Waals surface area contributed by atoms with Crippen molar-refractivity contribution in [3.05, 3.63) is 60.2 Å². The summed E-state index contributed by atoms with van der Waals surface area (Å²) in [7, 11) is 0. The summed E-state index contributed by atoms with van der Waals surface area (Å²) in [6.45, 7) is 2.61. The van der Waals surface area contributed by atoms with Gasteiger partial charge in [0.1, 0.15) is 6.54 Å². The van der Waals surface area contributed by atoms with Crippen molar-refractivity contribution in [3.8, 4) is 0 Å². The van der Waals surface area contributed by atoms with Gasteiger partial charge in [0.15, 0.2) is 0 Å². The molecule has 146 valence electrons. The van der Waals surface area contributed by atoms with Crippen LogP contribution in [0.15, 0.2) is 54.6 Å². The Kier molecular flexibility index (Phi) is 6.42. The number of carbonyl (C=O) groups is 3. The SMILES string of the molecule is CCC(CNC(=O)CCC(=O)N1CC(=O)Nc2ccccc21)c1ccccc1. The second-order valence-corrected chi connectivity index (χ2v) is 6.87. The van der Waals surface area contributed by atoms with Gasteiger partial charge in [-0.15, -0.1) is 0 Å². The van der Waals surface area contributed by atoms with Crippen LogP contribution in [0.25, 0.3) is 0 Å². The molecule has 1 unspecified atom stereocenters. The van der Waals surface area contributed by atoms with E-state index in [0.29, 0.717) is 17.9 Å². The number of benzene rings is 2. The first-order valence-electron chi connectivity index (χ1n) is 9.59. The molecule has 2 aromatic carbocycles. The molecule has 0 fully saturated rings. The first-order chi connectivity index (χ1) is 13.6. The largest absolute Gasteiger partial charge is 0.355 e. The van der Waals surface area contributed by atoms with Crippen LogP contribution in [0.5, 0.6) is 0 Å². The maximum atomic E-state index is 12.6. The first-order valence-corrected chi connectivity index (χ1v) is 9.59. The molecular weight excluding hydrogens is 354 g/mol. The van der Waals surface area contributed by atoms with E-state index in [1.54, 1.807) is 18.2 Å². The molecule has 3 rings (SSSR count). The van der Waals surface area contributed by atoms with Gasteiger partial charge in [-0.2, -0.15) is 0 Å². The normalized spacial score (nSPS) is 14.0. The summed E-state index contributed by atoms with van der Waals surface area (Å²) in [4.78, 5) is 38.1. The molecule has 0 bridgehead atoms. The number of anilines is 2. The lowest BCUT2D eigenvalue weighted by atomic mass is 9.96. The van der Waals surface area contributed by atoms with Crippen LogP contribution >= 0.6 is 0 Å². The predicted octanol–water partition coefficient (Wildman–Crippen LogP) is 3.06. The van der Waals surface area contributed by atoms with Crippen LogP contribution in [0.1, 0.15) is 37.7 Å². The lowest BCUT2D eigenvalue weighted by molar-refractivity contribution is -0.125. The minimum atomic E-state index is -0.231. The highest BCUT2D eigenvalue weighted by Crippen LogP contribution is 2.29. The van der Waals surface area contributed by atoms with E-state index in [9.17, 15) is 14.4 Å². The molecule has 6 nitrogen and oxygen atoms in total. The Bertz CT molecular complexity index is 851. The van der Waals surface area contributed by atoms with E-state index in [-0.39, 0.29) is 43.0 Å². The summed E-state index contributed by atoms with van der Waals surface area (Å²) in [5, 5.41) is 5.68. The van der Waals surface area contributed by atoms with Crippen molar-refractivity contribution in [2.75, 3.05) is 23.3 Å². The lowest BCUT2D eigenvalue weighted by Gasteiger charge is -2.29. The minimum absolute atomic E-state index is 0.0244. The van der Waals surface area contributed by atoms with Crippen molar-refractivity contribution in [2.24, 2.45) is 0 Å². The minimum Gasteiger partial charge on any atom is -0.355 e. The van der Waals surface area contributed by atoms with E-state index in [1.165, 1.54) is 10.5 Å². The molecule has 0 saturated heterocycles. The average Bonchev–Trinajstić information content (AvgIpc) is 2.72. The number of para-hydroxylation sites is 2. The quantitative estimate of drug-likeness (QED) is 0.776. The van der Waals surface area contributed by atoms with Crippen molar-refractivity contribution >= 4 is 29.1 Å². The van der Waals surface area contributed by atoms with Crippen LogP contribution in [-0.4, -0.2) is 30.8 Å². The summed E-state index contributed by atoms with van der Waals surface area (Å²) >= 11 is 0. The maximum Gasteiger partial charge on any atom is 0.244 e. The second kappa shape index (κ2) is 9.17. The van der Waals surface area contributed by atoms with Gasteiger partial charge in [-0.1, -0.05) is 49.4 Å². The number of nitrogens with one attached hydrogen (secondary N) is 2. The van der Waals surface area contributed by atoms with E-state index in [2.05, 4.69) is 29.7 Å². The van der Waals surface area contributed by atoms with Crippen LogP contribution in [-0.2, 0) is 14.4 Å². The van der Waals surface area contributed by atoms with Crippen LogP contribution in [0.3, 0.4) is 0 Å².